The first-order chi connectivity index (χ1) is 10.4. The lowest BCUT2D eigenvalue weighted by Crippen LogP contribution is -2.44. The largest absolute Gasteiger partial charge is 0.496 e. The Morgan fingerprint density at radius 1 is 1.32 bits per heavy atom. The molecule has 2 rings (SSSR count). The second kappa shape index (κ2) is 6.16. The summed E-state index contributed by atoms with van der Waals surface area (Å²) in [5.41, 5.74) is 1.10. The van der Waals surface area contributed by atoms with E-state index in [0.29, 0.717) is 18.0 Å². The van der Waals surface area contributed by atoms with Crippen molar-refractivity contribution in [2.45, 2.75) is 39.8 Å². The van der Waals surface area contributed by atoms with Crippen LogP contribution in [0.1, 0.15) is 44.4 Å². The minimum Gasteiger partial charge on any atom is -0.496 e. The van der Waals surface area contributed by atoms with E-state index in [0.717, 1.165) is 17.5 Å². The van der Waals surface area contributed by atoms with Crippen molar-refractivity contribution in [2.75, 3.05) is 20.8 Å². The Kier molecular flexibility index (Phi) is 4.66. The Morgan fingerprint density at radius 2 is 1.91 bits per heavy atom. The van der Waals surface area contributed by atoms with Crippen LogP contribution in [0.15, 0.2) is 12.1 Å². The molecule has 122 valence electrons. The highest BCUT2D eigenvalue weighted by Gasteiger charge is 2.36. The third-order valence-corrected chi connectivity index (χ3v) is 4.54. The first-order valence-corrected chi connectivity index (χ1v) is 7.56. The van der Waals surface area contributed by atoms with E-state index in [2.05, 4.69) is 0 Å². The number of methoxy groups -OCH3 is 2. The van der Waals surface area contributed by atoms with Gasteiger partial charge < -0.3 is 19.5 Å². The lowest BCUT2D eigenvalue weighted by atomic mass is 9.86. The number of fused-ring (bicyclic) bond motifs is 1. The summed E-state index contributed by atoms with van der Waals surface area (Å²) in [7, 11) is 3.16. The molecule has 0 radical (unpaired) electrons. The van der Waals surface area contributed by atoms with E-state index >= 15 is 0 Å². The predicted molar refractivity (Wildman–Crippen MR) is 84.0 cm³/mol. The van der Waals surface area contributed by atoms with Crippen molar-refractivity contribution in [3.05, 3.63) is 23.3 Å². The maximum atomic E-state index is 12.7. The predicted octanol–water partition coefficient (Wildman–Crippen LogP) is 2.52. The topological polar surface area (TPSA) is 59.0 Å². The summed E-state index contributed by atoms with van der Waals surface area (Å²) in [6.45, 7) is 6.56. The molecule has 1 heterocycles. The number of rotatable bonds is 4. The van der Waals surface area contributed by atoms with Gasteiger partial charge in [0.1, 0.15) is 17.6 Å². The molecule has 0 saturated heterocycles. The van der Waals surface area contributed by atoms with Crippen LogP contribution in [0.3, 0.4) is 0 Å². The standard InChI is InChI=1S/C17H25NO4/c1-6-17(2,3)16(20)18-9-11-13(21-4)7-8-14(22-5)15(11)12(19)10-18/h7-8,12,19H,6,9-10H2,1-5H3/t12-/m0/s1. The van der Waals surface area contributed by atoms with Crippen molar-refractivity contribution < 1.29 is 19.4 Å². The van der Waals surface area contributed by atoms with Gasteiger partial charge in [0.05, 0.1) is 20.8 Å². The maximum absolute atomic E-state index is 12.7. The number of carbonyl (C=O) groups is 1. The Morgan fingerprint density at radius 3 is 2.45 bits per heavy atom. The van der Waals surface area contributed by atoms with E-state index in [-0.39, 0.29) is 12.5 Å². The van der Waals surface area contributed by atoms with Gasteiger partial charge in [-0.25, -0.2) is 0 Å². The Bertz CT molecular complexity index is 568. The van der Waals surface area contributed by atoms with Gasteiger partial charge in [0.15, 0.2) is 0 Å². The van der Waals surface area contributed by atoms with Gasteiger partial charge >= 0.3 is 0 Å². The number of β-amino-alcohol motifs (C(OH)–C–C–N with tert-alkyl or cyclic N) is 1. The van der Waals surface area contributed by atoms with E-state index in [1.54, 1.807) is 25.2 Å². The van der Waals surface area contributed by atoms with Gasteiger partial charge in [-0.3, -0.25) is 4.79 Å². The summed E-state index contributed by atoms with van der Waals surface area (Å²) >= 11 is 0. The molecule has 0 saturated carbocycles. The van der Waals surface area contributed by atoms with Gasteiger partial charge in [0, 0.05) is 23.1 Å². The highest BCUT2D eigenvalue weighted by molar-refractivity contribution is 5.82. The van der Waals surface area contributed by atoms with Crippen LogP contribution in [0.5, 0.6) is 11.5 Å². The molecule has 22 heavy (non-hydrogen) atoms. The number of ether oxygens (including phenoxy) is 2. The summed E-state index contributed by atoms with van der Waals surface area (Å²) in [4.78, 5) is 14.4. The van der Waals surface area contributed by atoms with Crippen LogP contribution in [0.2, 0.25) is 0 Å². The number of aliphatic hydroxyl groups excluding tert-OH is 1. The van der Waals surface area contributed by atoms with E-state index in [1.165, 1.54) is 0 Å². The number of amides is 1. The second-order valence-corrected chi connectivity index (χ2v) is 6.30. The lowest BCUT2D eigenvalue weighted by Gasteiger charge is -2.37. The van der Waals surface area contributed by atoms with Crippen LogP contribution in [0, 0.1) is 5.41 Å². The fourth-order valence-corrected chi connectivity index (χ4v) is 2.81. The molecular weight excluding hydrogens is 282 g/mol. The van der Waals surface area contributed by atoms with Gasteiger partial charge in [0.25, 0.3) is 0 Å². The molecule has 1 aliphatic heterocycles. The summed E-state index contributed by atoms with van der Waals surface area (Å²) in [5.74, 6) is 1.34. The first kappa shape index (κ1) is 16.6. The lowest BCUT2D eigenvalue weighted by molar-refractivity contribution is -0.143. The second-order valence-electron chi connectivity index (χ2n) is 6.30. The minimum atomic E-state index is -0.773. The van der Waals surface area contributed by atoms with E-state index < -0.39 is 11.5 Å². The molecule has 0 bridgehead atoms. The molecule has 5 heteroatoms. The van der Waals surface area contributed by atoms with Crippen molar-refractivity contribution in [1.82, 2.24) is 4.90 Å². The van der Waals surface area contributed by atoms with E-state index in [9.17, 15) is 9.90 Å². The minimum absolute atomic E-state index is 0.0459. The highest BCUT2D eigenvalue weighted by Crippen LogP contribution is 2.40. The van der Waals surface area contributed by atoms with Gasteiger partial charge in [-0.15, -0.1) is 0 Å². The fourth-order valence-electron chi connectivity index (χ4n) is 2.81. The molecule has 1 amide bonds. The number of nitrogens with zero attached hydrogens (tertiary/aromatic N) is 1. The SMILES string of the molecule is CCC(C)(C)C(=O)N1Cc2c(OC)ccc(OC)c2[C@@H](O)C1. The van der Waals surface area contributed by atoms with Crippen molar-refractivity contribution >= 4 is 5.91 Å². The molecule has 1 aromatic carbocycles. The molecule has 0 spiro atoms. The zero-order chi connectivity index (χ0) is 16.5. The van der Waals surface area contributed by atoms with Gasteiger partial charge in [-0.05, 0) is 18.6 Å². The van der Waals surface area contributed by atoms with E-state index in [1.807, 2.05) is 26.8 Å². The average Bonchev–Trinajstić information content (AvgIpc) is 2.52. The van der Waals surface area contributed by atoms with Crippen LogP contribution in [-0.2, 0) is 11.3 Å². The van der Waals surface area contributed by atoms with Crippen molar-refractivity contribution in [1.29, 1.82) is 0 Å². The van der Waals surface area contributed by atoms with Crippen LogP contribution < -0.4 is 9.47 Å². The van der Waals surface area contributed by atoms with Crippen molar-refractivity contribution in [2.24, 2.45) is 5.41 Å². The van der Waals surface area contributed by atoms with Gasteiger partial charge in [-0.2, -0.15) is 0 Å². The van der Waals surface area contributed by atoms with Crippen LogP contribution in [-0.4, -0.2) is 36.7 Å². The maximum Gasteiger partial charge on any atom is 0.228 e. The molecule has 0 aliphatic carbocycles. The Labute approximate surface area is 131 Å². The third kappa shape index (κ3) is 2.77. The van der Waals surface area contributed by atoms with Crippen LogP contribution in [0.4, 0.5) is 0 Å². The number of hydrogen-bond acceptors (Lipinski definition) is 4. The molecule has 1 aromatic rings. The van der Waals surface area contributed by atoms with Gasteiger partial charge in [0.2, 0.25) is 5.91 Å². The molecule has 5 nitrogen and oxygen atoms in total. The highest BCUT2D eigenvalue weighted by atomic mass is 16.5. The van der Waals surface area contributed by atoms with Crippen LogP contribution >= 0.6 is 0 Å². The summed E-state index contributed by atoms with van der Waals surface area (Å²) < 4.78 is 10.7. The fraction of sp³-hybridized carbons (Fsp3) is 0.588. The Hall–Kier alpha value is -1.75. The van der Waals surface area contributed by atoms with E-state index in [4.69, 9.17) is 9.47 Å². The summed E-state index contributed by atoms with van der Waals surface area (Å²) in [6.07, 6.45) is -0.0222. The number of aliphatic hydroxyl groups is 1. The molecule has 1 aliphatic rings. The monoisotopic (exact) mass is 307 g/mol. The zero-order valence-corrected chi connectivity index (χ0v) is 14.0. The van der Waals surface area contributed by atoms with Crippen molar-refractivity contribution in [3.63, 3.8) is 0 Å². The molecule has 0 fully saturated rings. The number of hydrogen-bond donors (Lipinski definition) is 1. The summed E-state index contributed by atoms with van der Waals surface area (Å²) in [5, 5.41) is 10.5. The third-order valence-electron chi connectivity index (χ3n) is 4.54. The zero-order valence-electron chi connectivity index (χ0n) is 14.0. The molecule has 0 aromatic heterocycles. The normalized spacial score (nSPS) is 17.9. The van der Waals surface area contributed by atoms with Crippen LogP contribution in [0.25, 0.3) is 0 Å². The molecule has 1 atom stereocenters. The first-order valence-electron chi connectivity index (χ1n) is 7.56. The number of benzene rings is 1. The quantitative estimate of drug-likeness (QED) is 0.928. The molecular formula is C17H25NO4. The molecule has 1 N–H and O–H groups in total. The summed E-state index contributed by atoms with van der Waals surface area (Å²) in [6, 6.07) is 3.59. The smallest absolute Gasteiger partial charge is 0.228 e. The van der Waals surface area contributed by atoms with Gasteiger partial charge in [-0.1, -0.05) is 20.8 Å². The Balaban J connectivity index is 2.43. The van der Waals surface area contributed by atoms with Crippen molar-refractivity contribution in [3.8, 4) is 11.5 Å². The average molecular weight is 307 g/mol. The molecule has 0 unspecified atom stereocenters. The number of carbonyl (C=O) groups excluding carboxylic acids is 1.